The Labute approximate surface area is 171 Å². The first kappa shape index (κ1) is 25.4. The molecular formula is C22H42O6. The summed E-state index contributed by atoms with van der Waals surface area (Å²) < 4.78 is 28.4. The minimum atomic E-state index is -0.754. The number of hydrogen-bond acceptors (Lipinski definition) is 6. The molecule has 1 N–H and O–H groups in total. The van der Waals surface area contributed by atoms with Crippen LogP contribution in [0.4, 0.5) is 0 Å². The highest BCUT2D eigenvalue weighted by Gasteiger charge is 2.44. The van der Waals surface area contributed by atoms with Gasteiger partial charge in [0.15, 0.2) is 0 Å². The predicted molar refractivity (Wildman–Crippen MR) is 110 cm³/mol. The number of ether oxygens (including phenoxy) is 5. The van der Waals surface area contributed by atoms with Crippen molar-refractivity contribution in [2.75, 3.05) is 27.4 Å². The number of rotatable bonds is 15. The molecule has 0 aromatic rings. The third-order valence-electron chi connectivity index (χ3n) is 5.37. The van der Waals surface area contributed by atoms with E-state index in [4.69, 9.17) is 23.7 Å². The molecule has 6 atom stereocenters. The summed E-state index contributed by atoms with van der Waals surface area (Å²) in [5, 5.41) is 10.7. The molecule has 6 nitrogen and oxygen atoms in total. The molecule has 28 heavy (non-hydrogen) atoms. The van der Waals surface area contributed by atoms with E-state index in [1.54, 1.807) is 20.5 Å². The van der Waals surface area contributed by atoms with E-state index in [0.717, 1.165) is 12.8 Å². The fourth-order valence-corrected chi connectivity index (χ4v) is 3.61. The normalized spacial score (nSPS) is 29.3. The first-order chi connectivity index (χ1) is 13.6. The SMILES string of the molecule is C/C=C\O[C@H]1O[C@H](COC)[C@@H](O)C(OCC[C@@H](CCCCCCC)OC)[C@H]1C. The van der Waals surface area contributed by atoms with Gasteiger partial charge in [0.2, 0.25) is 6.29 Å². The molecule has 1 saturated heterocycles. The third kappa shape index (κ3) is 8.78. The van der Waals surface area contributed by atoms with Gasteiger partial charge in [-0.1, -0.05) is 52.0 Å². The van der Waals surface area contributed by atoms with Crippen LogP contribution in [-0.2, 0) is 23.7 Å². The summed E-state index contributed by atoms with van der Waals surface area (Å²) in [5.41, 5.74) is 0. The molecule has 0 amide bonds. The number of aliphatic hydroxyl groups excluding tert-OH is 1. The Morgan fingerprint density at radius 3 is 2.50 bits per heavy atom. The fourth-order valence-electron chi connectivity index (χ4n) is 3.61. The minimum Gasteiger partial charge on any atom is -0.472 e. The Balaban J connectivity index is 2.50. The van der Waals surface area contributed by atoms with Gasteiger partial charge >= 0.3 is 0 Å². The summed E-state index contributed by atoms with van der Waals surface area (Å²) in [6.07, 6.45) is 9.71. The van der Waals surface area contributed by atoms with Gasteiger partial charge in [-0.2, -0.15) is 0 Å². The minimum absolute atomic E-state index is 0.102. The van der Waals surface area contributed by atoms with E-state index in [1.165, 1.54) is 32.1 Å². The predicted octanol–water partition coefficient (Wildman–Crippen LogP) is 4.06. The molecule has 1 heterocycles. The Bertz CT molecular complexity index is 402. The van der Waals surface area contributed by atoms with Crippen LogP contribution < -0.4 is 0 Å². The molecular weight excluding hydrogens is 360 g/mol. The summed E-state index contributed by atoms with van der Waals surface area (Å²) in [6, 6.07) is 0. The van der Waals surface area contributed by atoms with Crippen LogP contribution in [0.2, 0.25) is 0 Å². The second kappa shape index (κ2) is 15.2. The Morgan fingerprint density at radius 2 is 1.86 bits per heavy atom. The zero-order valence-electron chi connectivity index (χ0n) is 18.5. The topological polar surface area (TPSA) is 66.4 Å². The van der Waals surface area contributed by atoms with Gasteiger partial charge in [0.1, 0.15) is 12.2 Å². The molecule has 0 bridgehead atoms. The van der Waals surface area contributed by atoms with Crippen molar-refractivity contribution in [3.63, 3.8) is 0 Å². The van der Waals surface area contributed by atoms with Crippen LogP contribution in [0.15, 0.2) is 12.3 Å². The van der Waals surface area contributed by atoms with E-state index < -0.39 is 18.5 Å². The van der Waals surface area contributed by atoms with Crippen LogP contribution in [0.1, 0.15) is 65.7 Å². The highest BCUT2D eigenvalue weighted by Crippen LogP contribution is 2.30. The molecule has 1 rings (SSSR count). The highest BCUT2D eigenvalue weighted by atomic mass is 16.7. The first-order valence-corrected chi connectivity index (χ1v) is 10.8. The van der Waals surface area contributed by atoms with E-state index in [-0.39, 0.29) is 18.1 Å². The molecule has 0 aromatic carbocycles. The van der Waals surface area contributed by atoms with Gasteiger partial charge in [-0.05, 0) is 19.8 Å². The lowest BCUT2D eigenvalue weighted by Gasteiger charge is -2.42. The standard InChI is InChI=1S/C22H42O6/c1-6-8-9-10-11-12-18(25-5)13-15-26-21-17(3)22(27-14-7-2)28-19(16-24-4)20(21)23/h7,14,17-23H,6,8-13,15-16H2,1-5H3/b14-7-/t17-,18-,19-,20-,21?,22+/m1/s1. The smallest absolute Gasteiger partial charge is 0.204 e. The van der Waals surface area contributed by atoms with Crippen molar-refractivity contribution in [3.8, 4) is 0 Å². The Morgan fingerprint density at radius 1 is 1.11 bits per heavy atom. The van der Waals surface area contributed by atoms with Crippen LogP contribution >= 0.6 is 0 Å². The monoisotopic (exact) mass is 402 g/mol. The maximum absolute atomic E-state index is 10.7. The third-order valence-corrected chi connectivity index (χ3v) is 5.37. The van der Waals surface area contributed by atoms with E-state index in [2.05, 4.69) is 6.92 Å². The van der Waals surface area contributed by atoms with E-state index in [0.29, 0.717) is 13.2 Å². The fraction of sp³-hybridized carbons (Fsp3) is 0.909. The lowest BCUT2D eigenvalue weighted by molar-refractivity contribution is -0.277. The molecule has 0 spiro atoms. The first-order valence-electron chi connectivity index (χ1n) is 10.8. The van der Waals surface area contributed by atoms with Crippen molar-refractivity contribution in [2.24, 2.45) is 5.92 Å². The zero-order valence-corrected chi connectivity index (χ0v) is 18.5. The molecule has 1 unspecified atom stereocenters. The van der Waals surface area contributed by atoms with Crippen molar-refractivity contribution >= 4 is 0 Å². The van der Waals surface area contributed by atoms with E-state index in [9.17, 15) is 5.11 Å². The van der Waals surface area contributed by atoms with Gasteiger partial charge in [0, 0.05) is 26.7 Å². The van der Waals surface area contributed by atoms with Crippen LogP contribution in [0.3, 0.4) is 0 Å². The van der Waals surface area contributed by atoms with Gasteiger partial charge in [-0.3, -0.25) is 0 Å². The summed E-state index contributed by atoms with van der Waals surface area (Å²) >= 11 is 0. The number of hydrogen-bond donors (Lipinski definition) is 1. The van der Waals surface area contributed by atoms with Crippen molar-refractivity contribution in [1.29, 1.82) is 0 Å². The van der Waals surface area contributed by atoms with Crippen LogP contribution in [0.5, 0.6) is 0 Å². The van der Waals surface area contributed by atoms with E-state index >= 15 is 0 Å². The van der Waals surface area contributed by atoms with E-state index in [1.807, 2.05) is 19.9 Å². The van der Waals surface area contributed by atoms with Gasteiger partial charge in [0.25, 0.3) is 0 Å². The maximum atomic E-state index is 10.7. The number of unbranched alkanes of at least 4 members (excludes halogenated alkanes) is 4. The summed E-state index contributed by atoms with van der Waals surface area (Å²) in [6.45, 7) is 6.92. The van der Waals surface area contributed by atoms with Crippen molar-refractivity contribution < 1.29 is 28.8 Å². The highest BCUT2D eigenvalue weighted by molar-refractivity contribution is 4.89. The second-order valence-corrected chi connectivity index (χ2v) is 7.64. The molecule has 0 saturated carbocycles. The lowest BCUT2D eigenvalue weighted by Crippen LogP contribution is -2.56. The van der Waals surface area contributed by atoms with Gasteiger partial charge < -0.3 is 28.8 Å². The average molecular weight is 403 g/mol. The molecule has 0 aliphatic carbocycles. The second-order valence-electron chi connectivity index (χ2n) is 7.64. The molecule has 0 aromatic heterocycles. The maximum Gasteiger partial charge on any atom is 0.204 e. The van der Waals surface area contributed by atoms with Gasteiger partial charge in [-0.25, -0.2) is 0 Å². The molecule has 166 valence electrons. The summed E-state index contributed by atoms with van der Waals surface area (Å²) in [7, 11) is 3.35. The molecule has 1 aliphatic rings. The summed E-state index contributed by atoms with van der Waals surface area (Å²) in [5.74, 6) is -0.102. The van der Waals surface area contributed by atoms with Crippen molar-refractivity contribution in [1.82, 2.24) is 0 Å². The Kier molecular flexibility index (Phi) is 13.8. The average Bonchev–Trinajstić information content (AvgIpc) is 2.70. The lowest BCUT2D eigenvalue weighted by atomic mass is 9.92. The molecule has 0 radical (unpaired) electrons. The van der Waals surface area contributed by atoms with Crippen molar-refractivity contribution in [2.45, 2.75) is 96.4 Å². The zero-order chi connectivity index (χ0) is 20.8. The van der Waals surface area contributed by atoms with Crippen LogP contribution in [0, 0.1) is 5.92 Å². The molecule has 1 aliphatic heterocycles. The quantitative estimate of drug-likeness (QED) is 0.329. The Hall–Kier alpha value is -0.660. The number of allylic oxidation sites excluding steroid dienone is 1. The van der Waals surface area contributed by atoms with Crippen LogP contribution in [-0.4, -0.2) is 63.2 Å². The molecule has 6 heteroatoms. The largest absolute Gasteiger partial charge is 0.472 e. The van der Waals surface area contributed by atoms with Gasteiger partial charge in [-0.15, -0.1) is 0 Å². The molecule has 1 fully saturated rings. The number of aliphatic hydroxyl groups is 1. The van der Waals surface area contributed by atoms with Crippen molar-refractivity contribution in [3.05, 3.63) is 12.3 Å². The van der Waals surface area contributed by atoms with Gasteiger partial charge in [0.05, 0.1) is 25.1 Å². The van der Waals surface area contributed by atoms with Crippen LogP contribution in [0.25, 0.3) is 0 Å². The number of methoxy groups -OCH3 is 2. The summed E-state index contributed by atoms with van der Waals surface area (Å²) in [4.78, 5) is 0.